The van der Waals surface area contributed by atoms with E-state index in [4.69, 9.17) is 0 Å². The Labute approximate surface area is 115 Å². The van der Waals surface area contributed by atoms with E-state index in [2.05, 4.69) is 42.0 Å². The van der Waals surface area contributed by atoms with Crippen LogP contribution in [0.2, 0.25) is 0 Å². The van der Waals surface area contributed by atoms with Crippen molar-refractivity contribution in [1.29, 1.82) is 0 Å². The van der Waals surface area contributed by atoms with Gasteiger partial charge in [-0.3, -0.25) is 0 Å². The third kappa shape index (κ3) is 3.40. The van der Waals surface area contributed by atoms with Crippen LogP contribution in [0.4, 0.5) is 0 Å². The SMILES string of the molecule is CCc1cccc(CC)c1CCc1ncc(C)cn1. The summed E-state index contributed by atoms with van der Waals surface area (Å²) in [6.45, 7) is 6.46. The van der Waals surface area contributed by atoms with Gasteiger partial charge in [0.2, 0.25) is 0 Å². The summed E-state index contributed by atoms with van der Waals surface area (Å²) in [5.74, 6) is 0.943. The lowest BCUT2D eigenvalue weighted by molar-refractivity contribution is 0.831. The van der Waals surface area contributed by atoms with Crippen LogP contribution < -0.4 is 0 Å². The first-order valence-electron chi connectivity index (χ1n) is 7.11. The van der Waals surface area contributed by atoms with Gasteiger partial charge in [0.15, 0.2) is 0 Å². The summed E-state index contributed by atoms with van der Waals surface area (Å²) < 4.78 is 0. The summed E-state index contributed by atoms with van der Waals surface area (Å²) in [5.41, 5.74) is 5.54. The van der Waals surface area contributed by atoms with E-state index >= 15 is 0 Å². The maximum absolute atomic E-state index is 4.39. The zero-order valence-corrected chi connectivity index (χ0v) is 12.1. The highest BCUT2D eigenvalue weighted by molar-refractivity contribution is 5.35. The van der Waals surface area contributed by atoms with Crippen LogP contribution in [0.1, 0.15) is 41.9 Å². The predicted molar refractivity (Wildman–Crippen MR) is 79.4 cm³/mol. The molecule has 2 nitrogen and oxygen atoms in total. The molecule has 19 heavy (non-hydrogen) atoms. The molecule has 100 valence electrons. The van der Waals surface area contributed by atoms with Crippen molar-refractivity contribution in [3.63, 3.8) is 0 Å². The lowest BCUT2D eigenvalue weighted by Crippen LogP contribution is -2.03. The fraction of sp³-hybridized carbons (Fsp3) is 0.412. The number of benzene rings is 1. The van der Waals surface area contributed by atoms with Gasteiger partial charge in [0.1, 0.15) is 5.82 Å². The van der Waals surface area contributed by atoms with Gasteiger partial charge in [-0.05, 0) is 48.4 Å². The van der Waals surface area contributed by atoms with Crippen LogP contribution in [-0.2, 0) is 25.7 Å². The summed E-state index contributed by atoms with van der Waals surface area (Å²) >= 11 is 0. The Kier molecular flexibility index (Phi) is 4.67. The first kappa shape index (κ1) is 13.7. The lowest BCUT2D eigenvalue weighted by Gasteiger charge is -2.12. The Hall–Kier alpha value is -1.70. The molecule has 0 atom stereocenters. The third-order valence-electron chi connectivity index (χ3n) is 3.56. The van der Waals surface area contributed by atoms with Gasteiger partial charge in [0, 0.05) is 18.8 Å². The fourth-order valence-corrected chi connectivity index (χ4v) is 2.46. The van der Waals surface area contributed by atoms with E-state index in [0.29, 0.717) is 0 Å². The molecule has 0 aliphatic carbocycles. The summed E-state index contributed by atoms with van der Waals surface area (Å²) in [5, 5.41) is 0. The molecular weight excluding hydrogens is 232 g/mol. The van der Waals surface area contributed by atoms with Gasteiger partial charge in [-0.1, -0.05) is 32.0 Å². The second-order valence-corrected chi connectivity index (χ2v) is 4.94. The van der Waals surface area contributed by atoms with E-state index in [9.17, 15) is 0 Å². The van der Waals surface area contributed by atoms with Crippen LogP contribution in [0.3, 0.4) is 0 Å². The van der Waals surface area contributed by atoms with Crippen molar-refractivity contribution in [3.05, 3.63) is 58.7 Å². The first-order valence-corrected chi connectivity index (χ1v) is 7.11. The molecule has 1 aromatic heterocycles. The van der Waals surface area contributed by atoms with Crippen LogP contribution >= 0.6 is 0 Å². The molecule has 0 aliphatic heterocycles. The molecule has 1 heterocycles. The van der Waals surface area contributed by atoms with Gasteiger partial charge in [0.25, 0.3) is 0 Å². The molecule has 0 fully saturated rings. The smallest absolute Gasteiger partial charge is 0.128 e. The zero-order chi connectivity index (χ0) is 13.7. The van der Waals surface area contributed by atoms with Crippen molar-refractivity contribution in [3.8, 4) is 0 Å². The van der Waals surface area contributed by atoms with Crippen molar-refractivity contribution in [2.24, 2.45) is 0 Å². The molecule has 2 aromatic rings. The van der Waals surface area contributed by atoms with E-state index in [0.717, 1.165) is 37.1 Å². The third-order valence-corrected chi connectivity index (χ3v) is 3.56. The van der Waals surface area contributed by atoms with E-state index in [1.807, 2.05) is 19.3 Å². The Morgan fingerprint density at radius 3 is 2.00 bits per heavy atom. The number of hydrogen-bond acceptors (Lipinski definition) is 2. The number of hydrogen-bond donors (Lipinski definition) is 0. The van der Waals surface area contributed by atoms with Crippen LogP contribution in [0, 0.1) is 6.92 Å². The highest BCUT2D eigenvalue weighted by Gasteiger charge is 2.07. The summed E-state index contributed by atoms with van der Waals surface area (Å²) in [6, 6.07) is 6.65. The molecule has 0 N–H and O–H groups in total. The molecule has 0 saturated heterocycles. The number of aromatic nitrogens is 2. The normalized spacial score (nSPS) is 10.7. The van der Waals surface area contributed by atoms with Crippen LogP contribution in [0.25, 0.3) is 0 Å². The number of aryl methyl sites for hydroxylation is 4. The highest BCUT2D eigenvalue weighted by Crippen LogP contribution is 2.18. The monoisotopic (exact) mass is 254 g/mol. The molecule has 2 heteroatoms. The van der Waals surface area contributed by atoms with Gasteiger partial charge in [0.05, 0.1) is 0 Å². The van der Waals surface area contributed by atoms with Gasteiger partial charge in [-0.2, -0.15) is 0 Å². The van der Waals surface area contributed by atoms with Crippen molar-refractivity contribution >= 4 is 0 Å². The summed E-state index contributed by atoms with van der Waals surface area (Å²) in [4.78, 5) is 8.79. The van der Waals surface area contributed by atoms with Gasteiger partial charge < -0.3 is 0 Å². The Morgan fingerprint density at radius 2 is 1.47 bits per heavy atom. The molecule has 2 rings (SSSR count). The van der Waals surface area contributed by atoms with Gasteiger partial charge in [-0.25, -0.2) is 9.97 Å². The molecular formula is C17H22N2. The number of rotatable bonds is 5. The van der Waals surface area contributed by atoms with Gasteiger partial charge in [-0.15, -0.1) is 0 Å². The molecule has 1 aromatic carbocycles. The topological polar surface area (TPSA) is 25.8 Å². The molecule has 0 spiro atoms. The second-order valence-electron chi connectivity index (χ2n) is 4.94. The fourth-order valence-electron chi connectivity index (χ4n) is 2.46. The first-order chi connectivity index (χ1) is 9.24. The van der Waals surface area contributed by atoms with E-state index in [1.165, 1.54) is 16.7 Å². The van der Waals surface area contributed by atoms with Crippen LogP contribution in [-0.4, -0.2) is 9.97 Å². The minimum atomic E-state index is 0.921. The molecule has 0 aliphatic rings. The Balaban J connectivity index is 2.16. The largest absolute Gasteiger partial charge is 0.241 e. The quantitative estimate of drug-likeness (QED) is 0.813. The van der Waals surface area contributed by atoms with Crippen molar-refractivity contribution in [1.82, 2.24) is 9.97 Å². The molecule has 0 amide bonds. The minimum absolute atomic E-state index is 0.921. The highest BCUT2D eigenvalue weighted by atomic mass is 14.9. The summed E-state index contributed by atoms with van der Waals surface area (Å²) in [7, 11) is 0. The molecule has 0 radical (unpaired) electrons. The average Bonchev–Trinajstić information content (AvgIpc) is 2.46. The Bertz CT molecular complexity index is 507. The minimum Gasteiger partial charge on any atom is -0.241 e. The molecule has 0 saturated carbocycles. The van der Waals surface area contributed by atoms with Gasteiger partial charge >= 0.3 is 0 Å². The van der Waals surface area contributed by atoms with E-state index < -0.39 is 0 Å². The molecule has 0 bridgehead atoms. The maximum Gasteiger partial charge on any atom is 0.128 e. The number of nitrogens with zero attached hydrogens (tertiary/aromatic N) is 2. The van der Waals surface area contributed by atoms with E-state index in [-0.39, 0.29) is 0 Å². The average molecular weight is 254 g/mol. The van der Waals surface area contributed by atoms with Crippen molar-refractivity contribution < 1.29 is 0 Å². The predicted octanol–water partition coefficient (Wildman–Crippen LogP) is 3.70. The summed E-state index contributed by atoms with van der Waals surface area (Å²) in [6.07, 6.45) is 7.94. The molecule has 0 unspecified atom stereocenters. The van der Waals surface area contributed by atoms with Crippen LogP contribution in [0.15, 0.2) is 30.6 Å². The van der Waals surface area contributed by atoms with Crippen LogP contribution in [0.5, 0.6) is 0 Å². The zero-order valence-electron chi connectivity index (χ0n) is 12.1. The standard InChI is InChI=1S/C17H22N2/c1-4-14-7-6-8-15(5-2)16(14)9-10-17-18-11-13(3)12-19-17/h6-8,11-12H,4-5,9-10H2,1-3H3. The maximum atomic E-state index is 4.39. The van der Waals surface area contributed by atoms with Crippen molar-refractivity contribution in [2.75, 3.05) is 0 Å². The second kappa shape index (κ2) is 6.46. The lowest BCUT2D eigenvalue weighted by atomic mass is 9.94. The Morgan fingerprint density at radius 1 is 0.895 bits per heavy atom. The van der Waals surface area contributed by atoms with Crippen molar-refractivity contribution in [2.45, 2.75) is 46.5 Å². The van der Waals surface area contributed by atoms with E-state index in [1.54, 1.807) is 0 Å².